The van der Waals surface area contributed by atoms with Crippen LogP contribution in [-0.4, -0.2) is 24.0 Å². The van der Waals surface area contributed by atoms with Crippen LogP contribution >= 0.6 is 0 Å². The fourth-order valence-corrected chi connectivity index (χ4v) is 3.08. The largest absolute Gasteiger partial charge is 0.493 e. The van der Waals surface area contributed by atoms with Crippen molar-refractivity contribution in [3.05, 3.63) is 63.7 Å². The van der Waals surface area contributed by atoms with E-state index in [4.69, 9.17) is 4.74 Å². The Morgan fingerprint density at radius 2 is 2.00 bits per heavy atom. The molecule has 0 aromatic heterocycles. The van der Waals surface area contributed by atoms with Crippen LogP contribution in [0.4, 0.5) is 24.5 Å². The fourth-order valence-electron chi connectivity index (χ4n) is 3.08. The average Bonchev–Trinajstić information content (AvgIpc) is 2.67. The van der Waals surface area contributed by atoms with E-state index in [1.807, 2.05) is 24.3 Å². The van der Waals surface area contributed by atoms with Crippen molar-refractivity contribution in [3.8, 4) is 5.75 Å². The van der Waals surface area contributed by atoms with Gasteiger partial charge in [0.2, 0.25) is 5.91 Å². The molecule has 2 N–H and O–H groups in total. The van der Waals surface area contributed by atoms with E-state index in [2.05, 4.69) is 10.6 Å². The zero-order chi connectivity index (χ0) is 21.0. The number of fused-ring (bicyclic) bond motifs is 1. The van der Waals surface area contributed by atoms with Gasteiger partial charge in [-0.3, -0.25) is 14.9 Å². The second-order valence-corrected chi connectivity index (χ2v) is 6.46. The predicted molar refractivity (Wildman–Crippen MR) is 98.6 cm³/mol. The monoisotopic (exact) mass is 409 g/mol. The number of benzene rings is 2. The van der Waals surface area contributed by atoms with E-state index in [9.17, 15) is 28.1 Å². The van der Waals surface area contributed by atoms with E-state index in [-0.39, 0.29) is 30.6 Å². The molecular weight excluding hydrogens is 391 g/mol. The third-order valence-corrected chi connectivity index (χ3v) is 4.48. The number of hydrogen-bond acceptors (Lipinski definition) is 5. The Bertz CT molecular complexity index is 918. The van der Waals surface area contributed by atoms with Gasteiger partial charge in [0.25, 0.3) is 5.69 Å². The molecule has 154 valence electrons. The first-order valence-corrected chi connectivity index (χ1v) is 8.86. The molecule has 2 aromatic carbocycles. The highest BCUT2D eigenvalue weighted by molar-refractivity contribution is 5.77. The van der Waals surface area contributed by atoms with Crippen LogP contribution in [0.3, 0.4) is 0 Å². The molecule has 1 aliphatic heterocycles. The number of halogens is 3. The molecule has 0 radical (unpaired) electrons. The summed E-state index contributed by atoms with van der Waals surface area (Å²) in [5.74, 6) is 0.427. The van der Waals surface area contributed by atoms with Crippen LogP contribution in [0.2, 0.25) is 0 Å². The topological polar surface area (TPSA) is 93.5 Å². The minimum Gasteiger partial charge on any atom is -0.493 e. The molecule has 0 spiro atoms. The Hall–Kier alpha value is -3.30. The Balaban J connectivity index is 1.59. The molecule has 1 amide bonds. The number of nitrogens with one attached hydrogen (secondary N) is 2. The van der Waals surface area contributed by atoms with Crippen LogP contribution in [0.15, 0.2) is 42.5 Å². The van der Waals surface area contributed by atoms with Gasteiger partial charge in [-0.25, -0.2) is 0 Å². The lowest BCUT2D eigenvalue weighted by atomic mass is 10.0. The number of carbonyl (C=O) groups is 1. The number of rotatable bonds is 6. The van der Waals surface area contributed by atoms with Crippen LogP contribution in [0, 0.1) is 10.1 Å². The zero-order valence-corrected chi connectivity index (χ0v) is 15.2. The Morgan fingerprint density at radius 1 is 1.24 bits per heavy atom. The van der Waals surface area contributed by atoms with Gasteiger partial charge in [-0.1, -0.05) is 18.2 Å². The van der Waals surface area contributed by atoms with Crippen molar-refractivity contribution in [2.24, 2.45) is 0 Å². The SMILES string of the molecule is O=C(CCNc1ccc(C(F)(F)F)cc1[N+](=O)[O-])N[C@H]1CCOc2ccccc21. The van der Waals surface area contributed by atoms with E-state index in [0.717, 1.165) is 17.7 Å². The summed E-state index contributed by atoms with van der Waals surface area (Å²) in [7, 11) is 0. The lowest BCUT2D eigenvalue weighted by Gasteiger charge is -2.26. The molecule has 3 rings (SSSR count). The Morgan fingerprint density at radius 3 is 2.72 bits per heavy atom. The molecule has 1 atom stereocenters. The van der Waals surface area contributed by atoms with Crippen molar-refractivity contribution in [3.63, 3.8) is 0 Å². The van der Waals surface area contributed by atoms with Gasteiger partial charge in [-0.2, -0.15) is 13.2 Å². The van der Waals surface area contributed by atoms with E-state index in [1.165, 1.54) is 0 Å². The normalized spacial score (nSPS) is 15.8. The minimum absolute atomic E-state index is 0.00228. The first-order valence-electron chi connectivity index (χ1n) is 8.86. The van der Waals surface area contributed by atoms with Crippen LogP contribution in [0.1, 0.15) is 30.0 Å². The lowest BCUT2D eigenvalue weighted by molar-refractivity contribution is -0.384. The standard InChI is InChI=1S/C19H18F3N3O4/c20-19(21,22)12-5-6-15(16(11-12)25(27)28)23-9-7-18(26)24-14-8-10-29-17-4-2-1-3-13(14)17/h1-6,11,14,23H,7-10H2,(H,24,26)/t14-/m0/s1. The van der Waals surface area contributed by atoms with Gasteiger partial charge >= 0.3 is 6.18 Å². The van der Waals surface area contributed by atoms with E-state index in [0.29, 0.717) is 24.8 Å². The summed E-state index contributed by atoms with van der Waals surface area (Å²) in [4.78, 5) is 22.4. The molecule has 0 bridgehead atoms. The van der Waals surface area contributed by atoms with Crippen molar-refractivity contribution in [2.45, 2.75) is 25.1 Å². The third kappa shape index (κ3) is 4.95. The number of nitro groups is 1. The number of amides is 1. The number of anilines is 1. The third-order valence-electron chi connectivity index (χ3n) is 4.48. The van der Waals surface area contributed by atoms with Crippen molar-refractivity contribution in [1.82, 2.24) is 5.32 Å². The van der Waals surface area contributed by atoms with Crippen molar-refractivity contribution in [2.75, 3.05) is 18.5 Å². The average molecular weight is 409 g/mol. The molecular formula is C19H18F3N3O4. The maximum Gasteiger partial charge on any atom is 0.416 e. The summed E-state index contributed by atoms with van der Waals surface area (Å²) >= 11 is 0. The molecule has 0 fully saturated rings. The smallest absolute Gasteiger partial charge is 0.416 e. The van der Waals surface area contributed by atoms with Gasteiger partial charge in [0.1, 0.15) is 11.4 Å². The first kappa shape index (κ1) is 20.4. The summed E-state index contributed by atoms with van der Waals surface area (Å²) < 4.78 is 43.8. The highest BCUT2D eigenvalue weighted by atomic mass is 19.4. The summed E-state index contributed by atoms with van der Waals surface area (Å²) in [5.41, 5.74) is -1.00. The highest BCUT2D eigenvalue weighted by Crippen LogP contribution is 2.35. The number of nitrogens with zero attached hydrogens (tertiary/aromatic N) is 1. The molecule has 10 heteroatoms. The van der Waals surface area contributed by atoms with Crippen molar-refractivity contribution >= 4 is 17.3 Å². The summed E-state index contributed by atoms with van der Waals surface area (Å²) in [6.45, 7) is 0.501. The first-order chi connectivity index (χ1) is 13.8. The van der Waals surface area contributed by atoms with Gasteiger partial charge in [0.15, 0.2) is 0 Å². The maximum absolute atomic E-state index is 12.7. The quantitative estimate of drug-likeness (QED) is 0.555. The van der Waals surface area contributed by atoms with Crippen molar-refractivity contribution < 1.29 is 27.6 Å². The molecule has 0 aliphatic carbocycles. The number of nitro benzene ring substituents is 1. The van der Waals surface area contributed by atoms with Crippen molar-refractivity contribution in [1.29, 1.82) is 0 Å². The van der Waals surface area contributed by atoms with Gasteiger partial charge in [-0.15, -0.1) is 0 Å². The zero-order valence-electron chi connectivity index (χ0n) is 15.2. The summed E-state index contributed by atoms with van der Waals surface area (Å²) in [5, 5.41) is 16.6. The highest BCUT2D eigenvalue weighted by Gasteiger charge is 2.33. The molecule has 1 aliphatic rings. The molecule has 1 heterocycles. The number of ether oxygens (including phenoxy) is 1. The molecule has 0 saturated carbocycles. The van der Waals surface area contributed by atoms with Crippen LogP contribution in [-0.2, 0) is 11.0 Å². The second-order valence-electron chi connectivity index (χ2n) is 6.46. The Labute approximate surface area is 164 Å². The molecule has 2 aromatic rings. The van der Waals surface area contributed by atoms with Gasteiger partial charge in [0.05, 0.1) is 23.1 Å². The summed E-state index contributed by atoms with van der Waals surface area (Å²) in [6, 6.07) is 9.39. The van der Waals surface area contributed by atoms with Gasteiger partial charge in [-0.05, 0) is 18.2 Å². The minimum atomic E-state index is -4.68. The number of hydrogen-bond donors (Lipinski definition) is 2. The molecule has 0 unspecified atom stereocenters. The lowest BCUT2D eigenvalue weighted by Crippen LogP contribution is -2.33. The number of para-hydroxylation sites is 1. The van der Waals surface area contributed by atoms with E-state index >= 15 is 0 Å². The van der Waals surface area contributed by atoms with Gasteiger partial charge < -0.3 is 15.4 Å². The Kier molecular flexibility index (Phi) is 5.90. The van der Waals surface area contributed by atoms with E-state index in [1.54, 1.807) is 0 Å². The van der Waals surface area contributed by atoms with E-state index < -0.39 is 22.4 Å². The summed E-state index contributed by atoms with van der Waals surface area (Å²) in [6.07, 6.45) is -4.07. The fraction of sp³-hybridized carbons (Fsp3) is 0.316. The maximum atomic E-state index is 12.7. The molecule has 7 nitrogen and oxygen atoms in total. The molecule has 29 heavy (non-hydrogen) atoms. The second kappa shape index (κ2) is 8.38. The molecule has 0 saturated heterocycles. The predicted octanol–water partition coefficient (Wildman–Crippen LogP) is 4.06. The number of carbonyl (C=O) groups excluding carboxylic acids is 1. The van der Waals surface area contributed by atoms with Crippen LogP contribution in [0.5, 0.6) is 5.75 Å². The number of alkyl halides is 3. The van der Waals surface area contributed by atoms with Crippen LogP contribution in [0.25, 0.3) is 0 Å². The van der Waals surface area contributed by atoms with Gasteiger partial charge in [0, 0.05) is 31.0 Å². The van der Waals surface area contributed by atoms with Crippen LogP contribution < -0.4 is 15.4 Å².